The van der Waals surface area contributed by atoms with Crippen LogP contribution in [-0.2, 0) is 4.74 Å². The van der Waals surface area contributed by atoms with Crippen molar-refractivity contribution in [3.63, 3.8) is 0 Å². The van der Waals surface area contributed by atoms with E-state index in [-0.39, 0.29) is 0 Å². The summed E-state index contributed by atoms with van der Waals surface area (Å²) < 4.78 is 5.43. The Morgan fingerprint density at radius 2 is 2.32 bits per heavy atom. The molecule has 1 fully saturated rings. The van der Waals surface area contributed by atoms with E-state index in [4.69, 9.17) is 16.3 Å². The molecular weight excluding hydrogens is 262 g/mol. The van der Waals surface area contributed by atoms with Crippen LogP contribution in [0.5, 0.6) is 0 Å². The van der Waals surface area contributed by atoms with Gasteiger partial charge in [-0.15, -0.1) is 0 Å². The Kier molecular flexibility index (Phi) is 5.43. The molecule has 0 bridgehead atoms. The van der Waals surface area contributed by atoms with E-state index in [9.17, 15) is 0 Å². The molecule has 19 heavy (non-hydrogen) atoms. The van der Waals surface area contributed by atoms with E-state index >= 15 is 0 Å². The average molecular weight is 284 g/mol. The minimum absolute atomic E-state index is 0.529. The molecule has 0 saturated carbocycles. The molecule has 0 amide bonds. The average Bonchev–Trinajstić information content (AvgIpc) is 2.41. The van der Waals surface area contributed by atoms with Gasteiger partial charge in [0.2, 0.25) is 0 Å². The first kappa shape index (κ1) is 14.6. The molecule has 5 heteroatoms. The molecule has 1 atom stereocenters. The maximum atomic E-state index is 5.95. The SMILES string of the molecule is CCOCCN1CCN(c2ccnc(Cl)c2)CC1C. The van der Waals surface area contributed by atoms with Crippen molar-refractivity contribution in [1.82, 2.24) is 9.88 Å². The number of aromatic nitrogens is 1. The summed E-state index contributed by atoms with van der Waals surface area (Å²) in [6.07, 6.45) is 1.77. The molecule has 1 saturated heterocycles. The second-order valence-electron chi connectivity index (χ2n) is 4.86. The van der Waals surface area contributed by atoms with E-state index in [1.165, 1.54) is 0 Å². The Morgan fingerprint density at radius 3 is 3.00 bits per heavy atom. The van der Waals surface area contributed by atoms with Crippen LogP contribution in [0, 0.1) is 0 Å². The van der Waals surface area contributed by atoms with Gasteiger partial charge in [0.05, 0.1) is 6.61 Å². The summed E-state index contributed by atoms with van der Waals surface area (Å²) >= 11 is 5.95. The lowest BCUT2D eigenvalue weighted by molar-refractivity contribution is 0.0926. The van der Waals surface area contributed by atoms with Crippen molar-refractivity contribution in [3.8, 4) is 0 Å². The molecule has 1 aliphatic heterocycles. The van der Waals surface area contributed by atoms with Gasteiger partial charge in [0, 0.05) is 50.7 Å². The van der Waals surface area contributed by atoms with E-state index in [1.54, 1.807) is 6.20 Å². The zero-order chi connectivity index (χ0) is 13.7. The van der Waals surface area contributed by atoms with Crippen molar-refractivity contribution < 1.29 is 4.74 Å². The van der Waals surface area contributed by atoms with E-state index in [0.717, 1.165) is 45.1 Å². The van der Waals surface area contributed by atoms with Gasteiger partial charge in [-0.05, 0) is 26.0 Å². The summed E-state index contributed by atoms with van der Waals surface area (Å²) in [7, 11) is 0. The first-order chi connectivity index (χ1) is 9.20. The van der Waals surface area contributed by atoms with Crippen LogP contribution in [0.4, 0.5) is 5.69 Å². The molecule has 0 N–H and O–H groups in total. The highest BCUT2D eigenvalue weighted by Crippen LogP contribution is 2.20. The standard InChI is InChI=1S/C14H22ClN3O/c1-3-19-9-8-17-6-7-18(11-12(17)2)13-4-5-16-14(15)10-13/h4-5,10,12H,3,6-9,11H2,1-2H3. The molecule has 1 aromatic rings. The number of nitrogens with zero attached hydrogens (tertiary/aromatic N) is 3. The highest BCUT2D eigenvalue weighted by atomic mass is 35.5. The van der Waals surface area contributed by atoms with Crippen molar-refractivity contribution in [2.45, 2.75) is 19.9 Å². The van der Waals surface area contributed by atoms with Crippen molar-refractivity contribution >= 4 is 17.3 Å². The third-order valence-corrected chi connectivity index (χ3v) is 3.77. The third kappa shape index (κ3) is 4.06. The summed E-state index contributed by atoms with van der Waals surface area (Å²) in [5.41, 5.74) is 1.16. The number of ether oxygens (including phenoxy) is 1. The number of halogens is 1. The normalized spacial score (nSPS) is 20.8. The number of hydrogen-bond donors (Lipinski definition) is 0. The quantitative estimate of drug-likeness (QED) is 0.612. The maximum absolute atomic E-state index is 5.95. The first-order valence-corrected chi connectivity index (χ1v) is 7.26. The zero-order valence-electron chi connectivity index (χ0n) is 11.7. The van der Waals surface area contributed by atoms with Crippen LogP contribution in [-0.4, -0.2) is 55.3 Å². The molecule has 2 heterocycles. The summed E-state index contributed by atoms with van der Waals surface area (Å²) in [5.74, 6) is 0. The molecular formula is C14H22ClN3O. The third-order valence-electron chi connectivity index (χ3n) is 3.57. The Bertz CT molecular complexity index is 402. The highest BCUT2D eigenvalue weighted by Gasteiger charge is 2.23. The summed E-state index contributed by atoms with van der Waals surface area (Å²) in [4.78, 5) is 8.88. The van der Waals surface area contributed by atoms with Crippen LogP contribution in [0.15, 0.2) is 18.3 Å². The summed E-state index contributed by atoms with van der Waals surface area (Å²) in [6, 6.07) is 4.49. The summed E-state index contributed by atoms with van der Waals surface area (Å²) in [6.45, 7) is 10.0. The molecule has 4 nitrogen and oxygen atoms in total. The molecule has 1 aromatic heterocycles. The van der Waals surface area contributed by atoms with Crippen LogP contribution in [0.25, 0.3) is 0 Å². The molecule has 0 radical (unpaired) electrons. The fourth-order valence-electron chi connectivity index (χ4n) is 2.48. The van der Waals surface area contributed by atoms with Gasteiger partial charge in [-0.25, -0.2) is 4.98 Å². The lowest BCUT2D eigenvalue weighted by Crippen LogP contribution is -2.52. The van der Waals surface area contributed by atoms with Gasteiger partial charge in [-0.2, -0.15) is 0 Å². The lowest BCUT2D eigenvalue weighted by Gasteiger charge is -2.40. The van der Waals surface area contributed by atoms with Crippen molar-refractivity contribution in [1.29, 1.82) is 0 Å². The smallest absolute Gasteiger partial charge is 0.131 e. The van der Waals surface area contributed by atoms with E-state index < -0.39 is 0 Å². The van der Waals surface area contributed by atoms with E-state index in [1.807, 2.05) is 19.1 Å². The van der Waals surface area contributed by atoms with Crippen molar-refractivity contribution in [3.05, 3.63) is 23.5 Å². The zero-order valence-corrected chi connectivity index (χ0v) is 12.4. The molecule has 1 aliphatic rings. The molecule has 2 rings (SSSR count). The minimum atomic E-state index is 0.529. The van der Waals surface area contributed by atoms with Crippen LogP contribution < -0.4 is 4.90 Å². The van der Waals surface area contributed by atoms with Gasteiger partial charge in [0.1, 0.15) is 5.15 Å². The van der Waals surface area contributed by atoms with Crippen LogP contribution >= 0.6 is 11.6 Å². The van der Waals surface area contributed by atoms with E-state index in [2.05, 4.69) is 21.7 Å². The van der Waals surface area contributed by atoms with Gasteiger partial charge in [-0.3, -0.25) is 4.90 Å². The van der Waals surface area contributed by atoms with Crippen LogP contribution in [0.1, 0.15) is 13.8 Å². The topological polar surface area (TPSA) is 28.6 Å². The van der Waals surface area contributed by atoms with Gasteiger partial charge in [0.25, 0.3) is 0 Å². The minimum Gasteiger partial charge on any atom is -0.380 e. The maximum Gasteiger partial charge on any atom is 0.131 e. The first-order valence-electron chi connectivity index (χ1n) is 6.89. The molecule has 106 valence electrons. The highest BCUT2D eigenvalue weighted by molar-refractivity contribution is 6.29. The van der Waals surface area contributed by atoms with Gasteiger partial charge in [0.15, 0.2) is 0 Å². The Labute approximate surface area is 120 Å². The molecule has 0 spiro atoms. The molecule has 0 aromatic carbocycles. The number of hydrogen-bond acceptors (Lipinski definition) is 4. The van der Waals surface area contributed by atoms with Crippen molar-refractivity contribution in [2.24, 2.45) is 0 Å². The fraction of sp³-hybridized carbons (Fsp3) is 0.643. The van der Waals surface area contributed by atoms with Gasteiger partial charge < -0.3 is 9.64 Å². The van der Waals surface area contributed by atoms with Gasteiger partial charge >= 0.3 is 0 Å². The lowest BCUT2D eigenvalue weighted by atomic mass is 10.1. The number of anilines is 1. The van der Waals surface area contributed by atoms with Crippen LogP contribution in [0.3, 0.4) is 0 Å². The van der Waals surface area contributed by atoms with Gasteiger partial charge in [-0.1, -0.05) is 11.6 Å². The van der Waals surface area contributed by atoms with E-state index in [0.29, 0.717) is 11.2 Å². The predicted octanol–water partition coefficient (Wildman–Crippen LogP) is 2.28. The second kappa shape index (κ2) is 7.08. The fourth-order valence-corrected chi connectivity index (χ4v) is 2.65. The monoisotopic (exact) mass is 283 g/mol. The number of rotatable bonds is 5. The Balaban J connectivity index is 1.89. The number of piperazine rings is 1. The summed E-state index contributed by atoms with van der Waals surface area (Å²) in [5, 5.41) is 0.559. The number of pyridine rings is 1. The largest absolute Gasteiger partial charge is 0.380 e. The molecule has 0 aliphatic carbocycles. The Hall–Kier alpha value is -0.840. The van der Waals surface area contributed by atoms with Crippen molar-refractivity contribution in [2.75, 3.05) is 44.3 Å². The van der Waals surface area contributed by atoms with Crippen LogP contribution in [0.2, 0.25) is 5.15 Å². The Morgan fingerprint density at radius 1 is 1.47 bits per heavy atom. The molecule has 1 unspecified atom stereocenters. The second-order valence-corrected chi connectivity index (χ2v) is 5.25. The predicted molar refractivity (Wildman–Crippen MR) is 79.0 cm³/mol.